The van der Waals surface area contributed by atoms with Crippen LogP contribution in [0.2, 0.25) is 4.47 Å². The molecule has 146 valence electrons. The van der Waals surface area contributed by atoms with Gasteiger partial charge in [0, 0.05) is 6.07 Å². The van der Waals surface area contributed by atoms with Crippen LogP contribution < -0.4 is 9.47 Å². The third-order valence-corrected chi connectivity index (χ3v) is 4.39. The number of ether oxygens (including phenoxy) is 2. The number of carbonyl (C=O) groups is 1. The molecule has 0 bridgehead atoms. The summed E-state index contributed by atoms with van der Waals surface area (Å²) in [6.07, 6.45) is -3.29. The lowest BCUT2D eigenvalue weighted by Crippen LogP contribution is -2.10. The van der Waals surface area contributed by atoms with Crippen LogP contribution in [-0.2, 0) is 6.18 Å². The van der Waals surface area contributed by atoms with Crippen LogP contribution in [0.5, 0.6) is 16.7 Å². The van der Waals surface area contributed by atoms with Crippen LogP contribution in [0.25, 0.3) is 0 Å². The number of rotatable bonds is 4. The number of esters is 1. The van der Waals surface area contributed by atoms with Crippen molar-refractivity contribution in [3.8, 4) is 16.7 Å². The topological polar surface area (TPSA) is 74.2 Å². The zero-order valence-corrected chi connectivity index (χ0v) is 15.9. The van der Waals surface area contributed by atoms with Gasteiger partial charge in [0.1, 0.15) is 11.6 Å². The second-order valence-electron chi connectivity index (χ2n) is 5.54. The van der Waals surface area contributed by atoms with Crippen LogP contribution >= 0.6 is 22.9 Å². The first-order valence-electron chi connectivity index (χ1n) is 7.67. The van der Waals surface area contributed by atoms with Crippen LogP contribution in [0.15, 0.2) is 30.5 Å². The van der Waals surface area contributed by atoms with Crippen molar-refractivity contribution < 1.29 is 27.4 Å². The lowest BCUT2D eigenvalue weighted by molar-refractivity contribution is -0.141. The van der Waals surface area contributed by atoms with Crippen molar-refractivity contribution in [2.75, 3.05) is 0 Å². The number of hydrogen-bond acceptors (Lipinski definition) is 7. The van der Waals surface area contributed by atoms with Crippen molar-refractivity contribution in [2.24, 2.45) is 0 Å². The molecule has 0 saturated heterocycles. The number of aryl methyl sites for hydroxylation is 2. The second-order valence-corrected chi connectivity index (χ2v) is 7.11. The third-order valence-electron chi connectivity index (χ3n) is 3.39. The Hall–Kier alpha value is -2.72. The third kappa shape index (κ3) is 4.76. The van der Waals surface area contributed by atoms with E-state index in [-0.39, 0.29) is 32.5 Å². The first-order valence-corrected chi connectivity index (χ1v) is 8.86. The van der Waals surface area contributed by atoms with Crippen LogP contribution in [0.3, 0.4) is 0 Å². The number of nitrogens with zero attached hydrogens (tertiary/aromatic N) is 3. The summed E-state index contributed by atoms with van der Waals surface area (Å²) in [6, 6.07) is 5.06. The number of benzene rings is 1. The quantitative estimate of drug-likeness (QED) is 0.528. The minimum absolute atomic E-state index is 0.0787. The molecular weight excluding hydrogens is 419 g/mol. The summed E-state index contributed by atoms with van der Waals surface area (Å²) in [4.78, 5) is 23.2. The Labute approximate surface area is 165 Å². The molecule has 0 spiro atoms. The fourth-order valence-corrected chi connectivity index (χ4v) is 2.99. The summed E-state index contributed by atoms with van der Waals surface area (Å²) in [5.74, 6) is -0.749. The number of halogens is 4. The first-order chi connectivity index (χ1) is 13.1. The fraction of sp³-hybridized carbons (Fsp3) is 0.176. The Balaban J connectivity index is 1.79. The summed E-state index contributed by atoms with van der Waals surface area (Å²) in [5.41, 5.74) is -0.346. The van der Waals surface area contributed by atoms with Crippen molar-refractivity contribution in [2.45, 2.75) is 20.0 Å². The average Bonchev–Trinajstić information content (AvgIpc) is 2.98. The normalized spacial score (nSPS) is 11.4. The lowest BCUT2D eigenvalue weighted by atomic mass is 10.1. The maximum atomic E-state index is 12.9. The number of aromatic nitrogens is 3. The zero-order valence-electron chi connectivity index (χ0n) is 14.4. The molecule has 0 saturated carbocycles. The molecule has 3 aromatic rings. The second kappa shape index (κ2) is 7.72. The van der Waals surface area contributed by atoms with Gasteiger partial charge in [-0.25, -0.2) is 14.8 Å². The minimum Gasteiger partial charge on any atom is -0.439 e. The van der Waals surface area contributed by atoms with Crippen LogP contribution in [0.1, 0.15) is 27.4 Å². The Morgan fingerprint density at radius 2 is 1.93 bits per heavy atom. The molecule has 0 aliphatic heterocycles. The smallest absolute Gasteiger partial charge is 0.433 e. The summed E-state index contributed by atoms with van der Waals surface area (Å²) < 4.78 is 49.4. The highest BCUT2D eigenvalue weighted by atomic mass is 35.5. The molecule has 0 N–H and O–H groups in total. The van der Waals surface area contributed by atoms with E-state index < -0.39 is 17.8 Å². The van der Waals surface area contributed by atoms with Gasteiger partial charge in [-0.2, -0.15) is 18.2 Å². The van der Waals surface area contributed by atoms with Gasteiger partial charge in [0.25, 0.3) is 0 Å². The Morgan fingerprint density at radius 3 is 2.54 bits per heavy atom. The van der Waals surface area contributed by atoms with Gasteiger partial charge in [-0.1, -0.05) is 22.9 Å². The standard InChI is InChI=1S/C17H11ClF3N3O3S/c1-8-5-10(26-13-6-12(17(19,20)21)23-9(2)24-13)3-4-11(8)15(25)27-14-7-22-16(18)28-14/h3-7H,1-2H3. The molecule has 0 fully saturated rings. The summed E-state index contributed by atoms with van der Waals surface area (Å²) >= 11 is 6.69. The maximum Gasteiger partial charge on any atom is 0.433 e. The lowest BCUT2D eigenvalue weighted by Gasteiger charge is -2.11. The highest BCUT2D eigenvalue weighted by Crippen LogP contribution is 2.31. The molecule has 0 aliphatic rings. The van der Waals surface area contributed by atoms with E-state index in [1.807, 2.05) is 0 Å². The molecular formula is C17H11ClF3N3O3S. The number of alkyl halides is 3. The van der Waals surface area contributed by atoms with E-state index in [4.69, 9.17) is 21.1 Å². The molecule has 0 amide bonds. The SMILES string of the molecule is Cc1nc(Oc2ccc(C(=O)Oc3cnc(Cl)s3)c(C)c2)cc(C(F)(F)F)n1. The zero-order chi connectivity index (χ0) is 20.5. The molecule has 11 heteroatoms. The molecule has 0 atom stereocenters. The van der Waals surface area contributed by atoms with E-state index >= 15 is 0 Å². The summed E-state index contributed by atoms with van der Waals surface area (Å²) in [5, 5.41) is 0.242. The maximum absolute atomic E-state index is 12.9. The van der Waals surface area contributed by atoms with Crippen LogP contribution in [0.4, 0.5) is 13.2 Å². The number of thiazole rings is 1. The van der Waals surface area contributed by atoms with Gasteiger partial charge in [0.05, 0.1) is 11.8 Å². The van der Waals surface area contributed by atoms with Gasteiger partial charge in [0.15, 0.2) is 10.2 Å². The first kappa shape index (κ1) is 20.0. The van der Waals surface area contributed by atoms with Gasteiger partial charge in [0.2, 0.25) is 10.9 Å². The summed E-state index contributed by atoms with van der Waals surface area (Å²) in [6.45, 7) is 2.97. The molecule has 6 nitrogen and oxygen atoms in total. The monoisotopic (exact) mass is 429 g/mol. The van der Waals surface area contributed by atoms with Crippen LogP contribution in [0, 0.1) is 13.8 Å². The van der Waals surface area contributed by atoms with E-state index in [9.17, 15) is 18.0 Å². The highest BCUT2D eigenvalue weighted by Gasteiger charge is 2.33. The van der Waals surface area contributed by atoms with E-state index in [1.165, 1.54) is 31.3 Å². The molecule has 1 aromatic carbocycles. The predicted octanol–water partition coefficient (Wildman–Crippen LogP) is 5.23. The molecule has 3 rings (SSSR count). The molecule has 0 radical (unpaired) electrons. The summed E-state index contributed by atoms with van der Waals surface area (Å²) in [7, 11) is 0. The Bertz CT molecular complexity index is 1040. The van der Waals surface area contributed by atoms with E-state index in [0.717, 1.165) is 11.3 Å². The van der Waals surface area contributed by atoms with Gasteiger partial charge < -0.3 is 9.47 Å². The van der Waals surface area contributed by atoms with Crippen molar-refractivity contribution in [3.63, 3.8) is 0 Å². The van der Waals surface area contributed by atoms with Crippen molar-refractivity contribution in [3.05, 3.63) is 57.6 Å². The highest BCUT2D eigenvalue weighted by molar-refractivity contribution is 7.17. The van der Waals surface area contributed by atoms with Crippen molar-refractivity contribution >= 4 is 28.9 Å². The average molecular weight is 430 g/mol. The Kier molecular flexibility index (Phi) is 5.52. The molecule has 0 unspecified atom stereocenters. The predicted molar refractivity (Wildman–Crippen MR) is 95.1 cm³/mol. The molecule has 2 heterocycles. The van der Waals surface area contributed by atoms with E-state index in [2.05, 4.69) is 15.0 Å². The van der Waals surface area contributed by atoms with Gasteiger partial charge in [-0.3, -0.25) is 0 Å². The van der Waals surface area contributed by atoms with Crippen molar-refractivity contribution in [1.29, 1.82) is 0 Å². The van der Waals surface area contributed by atoms with E-state index in [1.54, 1.807) is 6.92 Å². The van der Waals surface area contributed by atoms with Crippen molar-refractivity contribution in [1.82, 2.24) is 15.0 Å². The van der Waals surface area contributed by atoms with Gasteiger partial charge >= 0.3 is 12.1 Å². The number of carbonyl (C=O) groups excluding carboxylic acids is 1. The molecule has 0 aliphatic carbocycles. The largest absolute Gasteiger partial charge is 0.439 e. The van der Waals surface area contributed by atoms with Gasteiger partial charge in [-0.15, -0.1) is 0 Å². The minimum atomic E-state index is -4.62. The Morgan fingerprint density at radius 1 is 1.18 bits per heavy atom. The van der Waals surface area contributed by atoms with Crippen LogP contribution in [-0.4, -0.2) is 20.9 Å². The molecule has 28 heavy (non-hydrogen) atoms. The fourth-order valence-electron chi connectivity index (χ4n) is 2.22. The number of hydrogen-bond donors (Lipinski definition) is 0. The van der Waals surface area contributed by atoms with Gasteiger partial charge in [-0.05, 0) is 37.6 Å². The van der Waals surface area contributed by atoms with E-state index in [0.29, 0.717) is 11.6 Å². The molecule has 2 aromatic heterocycles.